The molecule has 0 aliphatic rings. The smallest absolute Gasteiger partial charge is 0.158 e. The molecule has 0 unspecified atom stereocenters. The molecule has 60 valence electrons. The molecule has 11 heavy (non-hydrogen) atoms. The number of hydrogen-bond acceptors (Lipinski definition) is 1. The number of halogens is 2. The Morgan fingerprint density at radius 1 is 1.55 bits per heavy atom. The molecule has 1 nitrogen and oxygen atoms in total. The highest BCUT2D eigenvalue weighted by atomic mass is 35.5. The van der Waals surface area contributed by atoms with Gasteiger partial charge in [0.25, 0.3) is 0 Å². The molecule has 0 saturated carbocycles. The molecule has 0 saturated heterocycles. The van der Waals surface area contributed by atoms with E-state index in [0.29, 0.717) is 5.32 Å². The molecule has 0 amide bonds. The van der Waals surface area contributed by atoms with Crippen molar-refractivity contribution in [2.24, 2.45) is 0 Å². The lowest BCUT2D eigenvalue weighted by Gasteiger charge is -2.04. The van der Waals surface area contributed by atoms with Gasteiger partial charge in [0.1, 0.15) is 0 Å². The van der Waals surface area contributed by atoms with E-state index >= 15 is 0 Å². The molecule has 0 aliphatic heterocycles. The average molecular weight is 190 g/mol. The second-order valence-corrected chi connectivity index (χ2v) is 5.91. The van der Waals surface area contributed by atoms with Gasteiger partial charge in [-0.3, -0.25) is 4.98 Å². The monoisotopic (exact) mass is 189 g/mol. The van der Waals surface area contributed by atoms with Crippen molar-refractivity contribution in [2.45, 2.75) is 13.1 Å². The molecular formula is C7H9ClFNSi. The third kappa shape index (κ3) is 1.78. The first-order valence-corrected chi connectivity index (χ1v) is 6.69. The van der Waals surface area contributed by atoms with E-state index in [4.69, 9.17) is 11.6 Å². The molecule has 0 spiro atoms. The Labute approximate surface area is 71.8 Å². The summed E-state index contributed by atoms with van der Waals surface area (Å²) in [7, 11) is -1.17. The zero-order valence-corrected chi connectivity index (χ0v) is 8.35. The van der Waals surface area contributed by atoms with Crippen LogP contribution in [-0.4, -0.2) is 13.8 Å². The lowest BCUT2D eigenvalue weighted by atomic mass is 10.5. The Balaban J connectivity index is 3.17. The van der Waals surface area contributed by atoms with Gasteiger partial charge < -0.3 is 0 Å². The number of hydrogen-bond donors (Lipinski definition) is 0. The van der Waals surface area contributed by atoms with Gasteiger partial charge in [0.2, 0.25) is 0 Å². The number of aromatic nitrogens is 1. The summed E-state index contributed by atoms with van der Waals surface area (Å²) in [5.74, 6) is -0.337. The van der Waals surface area contributed by atoms with Crippen LogP contribution in [0.1, 0.15) is 0 Å². The second kappa shape index (κ2) is 3.32. The summed E-state index contributed by atoms with van der Waals surface area (Å²) in [6.45, 7) is 4.03. The van der Waals surface area contributed by atoms with Gasteiger partial charge in [-0.1, -0.05) is 24.7 Å². The molecule has 1 rings (SSSR count). The van der Waals surface area contributed by atoms with Crippen molar-refractivity contribution in [3.63, 3.8) is 0 Å². The third-order valence-electron chi connectivity index (χ3n) is 1.42. The minimum absolute atomic E-state index is 0.177. The van der Waals surface area contributed by atoms with Crippen LogP contribution in [0.4, 0.5) is 4.39 Å². The maximum Gasteiger partial charge on any atom is 0.158 e. The molecule has 1 aromatic rings. The van der Waals surface area contributed by atoms with Crippen LogP contribution in [0.3, 0.4) is 0 Å². The van der Waals surface area contributed by atoms with Crippen molar-refractivity contribution >= 4 is 25.7 Å². The molecule has 0 N–H and O–H groups in total. The van der Waals surface area contributed by atoms with E-state index < -0.39 is 8.80 Å². The topological polar surface area (TPSA) is 12.9 Å². The third-order valence-corrected chi connectivity index (χ3v) is 3.20. The summed E-state index contributed by atoms with van der Waals surface area (Å²) in [5.41, 5.74) is 0. The standard InChI is InChI=1S/C7H9ClFNSi/c1-11(2)7-6(9)5(8)3-4-10-7/h3-4,11H,1-2H3. The SMILES string of the molecule is C[SiH](C)c1nccc(Cl)c1F. The van der Waals surface area contributed by atoms with E-state index in [1.165, 1.54) is 6.07 Å². The highest BCUT2D eigenvalue weighted by Crippen LogP contribution is 2.09. The van der Waals surface area contributed by atoms with Crippen LogP contribution in [0.2, 0.25) is 18.1 Å². The Hall–Kier alpha value is -0.413. The molecular weight excluding hydrogens is 181 g/mol. The lowest BCUT2D eigenvalue weighted by Crippen LogP contribution is -2.29. The highest BCUT2D eigenvalue weighted by Gasteiger charge is 2.11. The van der Waals surface area contributed by atoms with E-state index in [1.807, 2.05) is 13.1 Å². The first kappa shape index (κ1) is 8.68. The summed E-state index contributed by atoms with van der Waals surface area (Å²) in [6.07, 6.45) is 1.55. The number of pyridine rings is 1. The largest absolute Gasteiger partial charge is 0.263 e. The fourth-order valence-electron chi connectivity index (χ4n) is 0.838. The first-order valence-electron chi connectivity index (χ1n) is 3.43. The van der Waals surface area contributed by atoms with Crippen LogP contribution in [0.25, 0.3) is 0 Å². The maximum absolute atomic E-state index is 13.1. The van der Waals surface area contributed by atoms with Crippen molar-refractivity contribution in [3.8, 4) is 0 Å². The summed E-state index contributed by atoms with van der Waals surface area (Å²) >= 11 is 5.57. The Bertz CT molecular complexity index is 265. The second-order valence-electron chi connectivity index (χ2n) is 2.65. The first-order chi connectivity index (χ1) is 5.13. The zero-order chi connectivity index (χ0) is 8.43. The van der Waals surface area contributed by atoms with E-state index in [9.17, 15) is 4.39 Å². The molecule has 1 heterocycles. The van der Waals surface area contributed by atoms with E-state index in [-0.39, 0.29) is 10.8 Å². The summed E-state index contributed by atoms with van der Waals surface area (Å²) < 4.78 is 13.1. The van der Waals surface area contributed by atoms with Crippen molar-refractivity contribution in [2.75, 3.05) is 0 Å². The van der Waals surface area contributed by atoms with E-state index in [2.05, 4.69) is 4.98 Å². The molecule has 0 aliphatic carbocycles. The van der Waals surface area contributed by atoms with Gasteiger partial charge in [0.05, 0.1) is 19.1 Å². The van der Waals surface area contributed by atoms with Gasteiger partial charge in [0, 0.05) is 6.20 Å². The van der Waals surface area contributed by atoms with Gasteiger partial charge in [-0.2, -0.15) is 0 Å². The summed E-state index contributed by atoms with van der Waals surface area (Å²) in [5, 5.41) is 0.744. The Morgan fingerprint density at radius 2 is 2.18 bits per heavy atom. The van der Waals surface area contributed by atoms with Gasteiger partial charge >= 0.3 is 0 Å². The van der Waals surface area contributed by atoms with Crippen LogP contribution >= 0.6 is 11.6 Å². The van der Waals surface area contributed by atoms with Crippen LogP contribution < -0.4 is 5.32 Å². The quantitative estimate of drug-likeness (QED) is 0.612. The average Bonchev–Trinajstić information content (AvgIpc) is 1.94. The highest BCUT2D eigenvalue weighted by molar-refractivity contribution is 6.70. The van der Waals surface area contributed by atoms with E-state index in [1.54, 1.807) is 6.20 Å². The van der Waals surface area contributed by atoms with Crippen molar-refractivity contribution in [1.29, 1.82) is 0 Å². The van der Waals surface area contributed by atoms with Crippen molar-refractivity contribution in [3.05, 3.63) is 23.1 Å². The lowest BCUT2D eigenvalue weighted by molar-refractivity contribution is 0.631. The molecule has 1 aromatic heterocycles. The molecule has 0 aromatic carbocycles. The number of nitrogens with zero attached hydrogens (tertiary/aromatic N) is 1. The van der Waals surface area contributed by atoms with Crippen molar-refractivity contribution in [1.82, 2.24) is 4.98 Å². The normalized spacial score (nSPS) is 10.6. The number of rotatable bonds is 1. The molecule has 0 fully saturated rings. The summed E-state index contributed by atoms with van der Waals surface area (Å²) in [4.78, 5) is 3.94. The Morgan fingerprint density at radius 3 is 2.64 bits per heavy atom. The van der Waals surface area contributed by atoms with Crippen LogP contribution in [0.15, 0.2) is 12.3 Å². The molecule has 4 heteroatoms. The predicted molar refractivity (Wildman–Crippen MR) is 47.7 cm³/mol. The van der Waals surface area contributed by atoms with Crippen molar-refractivity contribution < 1.29 is 4.39 Å². The summed E-state index contributed by atoms with van der Waals surface area (Å²) in [6, 6.07) is 1.47. The van der Waals surface area contributed by atoms with Crippen LogP contribution in [-0.2, 0) is 0 Å². The predicted octanol–water partition coefficient (Wildman–Crippen LogP) is 1.57. The van der Waals surface area contributed by atoms with E-state index in [0.717, 1.165) is 0 Å². The van der Waals surface area contributed by atoms with Gasteiger partial charge in [-0.15, -0.1) is 0 Å². The molecule has 0 atom stereocenters. The maximum atomic E-state index is 13.1. The fraction of sp³-hybridized carbons (Fsp3) is 0.286. The van der Waals surface area contributed by atoms with Gasteiger partial charge in [0.15, 0.2) is 5.82 Å². The minimum Gasteiger partial charge on any atom is -0.263 e. The fourth-order valence-corrected chi connectivity index (χ4v) is 2.13. The molecule has 0 radical (unpaired) electrons. The van der Waals surface area contributed by atoms with Crippen LogP contribution in [0, 0.1) is 5.82 Å². The Kier molecular flexibility index (Phi) is 2.62. The molecule has 0 bridgehead atoms. The zero-order valence-electron chi connectivity index (χ0n) is 6.44. The van der Waals surface area contributed by atoms with Gasteiger partial charge in [-0.25, -0.2) is 4.39 Å². The minimum atomic E-state index is -1.17. The van der Waals surface area contributed by atoms with Crippen LogP contribution in [0.5, 0.6) is 0 Å². The van der Waals surface area contributed by atoms with Gasteiger partial charge in [-0.05, 0) is 6.07 Å².